The van der Waals surface area contributed by atoms with Gasteiger partial charge in [0.1, 0.15) is 10.7 Å². The summed E-state index contributed by atoms with van der Waals surface area (Å²) in [4.78, 5) is 3.10. The molecule has 0 atom stereocenters. The normalized spacial score (nSPS) is 10.4. The molecule has 0 saturated heterocycles. The predicted molar refractivity (Wildman–Crippen MR) is 80.3 cm³/mol. The molecule has 0 fully saturated rings. The third-order valence-corrected chi connectivity index (χ3v) is 3.26. The fourth-order valence-corrected chi connectivity index (χ4v) is 2.25. The van der Waals surface area contributed by atoms with E-state index in [1.165, 1.54) is 5.56 Å². The summed E-state index contributed by atoms with van der Waals surface area (Å²) in [6, 6.07) is 14.2. The molecule has 0 aliphatic heterocycles. The van der Waals surface area contributed by atoms with E-state index >= 15 is 0 Å². The van der Waals surface area contributed by atoms with Gasteiger partial charge in [0.2, 0.25) is 0 Å². The molecule has 2 aromatic rings. The zero-order valence-corrected chi connectivity index (χ0v) is 11.9. The summed E-state index contributed by atoms with van der Waals surface area (Å²) >= 11 is 5.14. The van der Waals surface area contributed by atoms with E-state index in [1.807, 2.05) is 6.07 Å². The van der Waals surface area contributed by atoms with Gasteiger partial charge in [-0.1, -0.05) is 50.3 Å². The summed E-state index contributed by atoms with van der Waals surface area (Å²) in [7, 11) is 0. The van der Waals surface area contributed by atoms with Crippen molar-refractivity contribution in [1.82, 2.24) is 4.98 Å². The first kappa shape index (κ1) is 13.5. The summed E-state index contributed by atoms with van der Waals surface area (Å²) in [6.45, 7) is 4.43. The van der Waals surface area contributed by atoms with Crippen molar-refractivity contribution in [1.29, 1.82) is 5.26 Å². The first-order valence-corrected chi connectivity index (χ1v) is 6.73. The van der Waals surface area contributed by atoms with Crippen LogP contribution in [0.25, 0.3) is 11.3 Å². The largest absolute Gasteiger partial charge is 0.345 e. The minimum absolute atomic E-state index is 0.492. The van der Waals surface area contributed by atoms with Crippen LogP contribution in [-0.4, -0.2) is 4.98 Å². The fraction of sp³-hybridized carbons (Fsp3) is 0.250. The highest BCUT2D eigenvalue weighted by atomic mass is 32.1. The van der Waals surface area contributed by atoms with Gasteiger partial charge < -0.3 is 4.98 Å². The van der Waals surface area contributed by atoms with Gasteiger partial charge in [-0.25, -0.2) is 0 Å². The lowest BCUT2D eigenvalue weighted by Gasteiger charge is -2.07. The number of rotatable bonds is 3. The standard InChI is InChI=1S/C16H16N2S/c1-11(2)9-12-3-5-13(6-4-12)15-8-7-14(10-17)16(19)18-15/h3-8,11H,9H2,1-2H3,(H,18,19). The molecule has 0 aliphatic carbocycles. The summed E-state index contributed by atoms with van der Waals surface area (Å²) < 4.78 is 0.492. The van der Waals surface area contributed by atoms with E-state index in [0.29, 0.717) is 16.1 Å². The molecule has 1 N–H and O–H groups in total. The van der Waals surface area contributed by atoms with Crippen molar-refractivity contribution in [3.8, 4) is 17.3 Å². The number of aromatic nitrogens is 1. The summed E-state index contributed by atoms with van der Waals surface area (Å²) in [5, 5.41) is 8.86. The van der Waals surface area contributed by atoms with Crippen LogP contribution >= 0.6 is 12.2 Å². The topological polar surface area (TPSA) is 39.6 Å². The minimum atomic E-state index is 0.492. The number of nitrogens with zero attached hydrogens (tertiary/aromatic N) is 1. The summed E-state index contributed by atoms with van der Waals surface area (Å²) in [5.41, 5.74) is 3.88. The molecule has 0 bridgehead atoms. The zero-order valence-electron chi connectivity index (χ0n) is 11.1. The van der Waals surface area contributed by atoms with Crippen LogP contribution in [-0.2, 0) is 6.42 Å². The first-order chi connectivity index (χ1) is 9.10. The lowest BCUT2D eigenvalue weighted by Crippen LogP contribution is -1.94. The molecule has 2 rings (SSSR count). The Labute approximate surface area is 118 Å². The first-order valence-electron chi connectivity index (χ1n) is 6.33. The molecule has 2 nitrogen and oxygen atoms in total. The predicted octanol–water partition coefficient (Wildman–Crippen LogP) is 4.48. The van der Waals surface area contributed by atoms with Crippen LogP contribution < -0.4 is 0 Å². The molecule has 0 unspecified atom stereocenters. The number of hydrogen-bond donors (Lipinski definition) is 1. The molecule has 1 aromatic carbocycles. The third-order valence-electron chi connectivity index (χ3n) is 2.94. The van der Waals surface area contributed by atoms with Crippen LogP contribution in [0, 0.1) is 21.9 Å². The van der Waals surface area contributed by atoms with Crippen LogP contribution in [0.3, 0.4) is 0 Å². The molecule has 1 heterocycles. The Morgan fingerprint density at radius 2 is 1.84 bits per heavy atom. The number of aromatic amines is 1. The molecule has 0 radical (unpaired) electrons. The van der Waals surface area contributed by atoms with Crippen molar-refractivity contribution in [2.75, 3.05) is 0 Å². The molecular weight excluding hydrogens is 252 g/mol. The van der Waals surface area contributed by atoms with Gasteiger partial charge in [0, 0.05) is 5.69 Å². The number of H-pyrrole nitrogens is 1. The maximum Gasteiger partial charge on any atom is 0.121 e. The van der Waals surface area contributed by atoms with Crippen molar-refractivity contribution in [2.45, 2.75) is 20.3 Å². The third kappa shape index (κ3) is 3.30. The smallest absolute Gasteiger partial charge is 0.121 e. The van der Waals surface area contributed by atoms with Crippen LogP contribution in [0.2, 0.25) is 0 Å². The van der Waals surface area contributed by atoms with E-state index in [4.69, 9.17) is 17.5 Å². The van der Waals surface area contributed by atoms with E-state index in [9.17, 15) is 0 Å². The SMILES string of the molecule is CC(C)Cc1ccc(-c2ccc(C#N)c(=S)[nH]2)cc1. The van der Waals surface area contributed by atoms with Gasteiger partial charge in [-0.3, -0.25) is 0 Å². The van der Waals surface area contributed by atoms with Crippen LogP contribution in [0.4, 0.5) is 0 Å². The maximum atomic E-state index is 8.86. The van der Waals surface area contributed by atoms with Gasteiger partial charge in [-0.2, -0.15) is 5.26 Å². The van der Waals surface area contributed by atoms with Crippen molar-refractivity contribution in [3.63, 3.8) is 0 Å². The van der Waals surface area contributed by atoms with Gasteiger partial charge >= 0.3 is 0 Å². The summed E-state index contributed by atoms with van der Waals surface area (Å²) in [5.74, 6) is 0.659. The number of hydrogen-bond acceptors (Lipinski definition) is 2. The maximum absolute atomic E-state index is 8.86. The highest BCUT2D eigenvalue weighted by molar-refractivity contribution is 7.71. The minimum Gasteiger partial charge on any atom is -0.345 e. The summed E-state index contributed by atoms with van der Waals surface area (Å²) in [6.07, 6.45) is 1.09. The van der Waals surface area contributed by atoms with Gasteiger partial charge in [0.15, 0.2) is 0 Å². The van der Waals surface area contributed by atoms with E-state index in [-0.39, 0.29) is 0 Å². The monoisotopic (exact) mass is 268 g/mol. The zero-order chi connectivity index (χ0) is 13.8. The molecule has 0 aliphatic rings. The molecule has 3 heteroatoms. The Morgan fingerprint density at radius 3 is 2.37 bits per heavy atom. The Morgan fingerprint density at radius 1 is 1.16 bits per heavy atom. The average Bonchev–Trinajstić information content (AvgIpc) is 2.39. The number of benzene rings is 1. The van der Waals surface area contributed by atoms with Crippen molar-refractivity contribution in [2.24, 2.45) is 5.92 Å². The Bertz CT molecular complexity index is 660. The molecule has 1 aromatic heterocycles. The second kappa shape index (κ2) is 5.81. The van der Waals surface area contributed by atoms with Crippen LogP contribution in [0.1, 0.15) is 25.0 Å². The molecule has 0 spiro atoms. The quantitative estimate of drug-likeness (QED) is 0.833. The van der Waals surface area contributed by atoms with E-state index < -0.39 is 0 Å². The molecule has 0 saturated carbocycles. The van der Waals surface area contributed by atoms with Crippen molar-refractivity contribution >= 4 is 12.2 Å². The highest BCUT2D eigenvalue weighted by Gasteiger charge is 2.02. The Balaban J connectivity index is 2.30. The van der Waals surface area contributed by atoms with E-state index in [2.05, 4.69) is 49.2 Å². The van der Waals surface area contributed by atoms with Gasteiger partial charge in [-0.15, -0.1) is 0 Å². The van der Waals surface area contributed by atoms with Gasteiger partial charge in [0.25, 0.3) is 0 Å². The van der Waals surface area contributed by atoms with Crippen LogP contribution in [0.5, 0.6) is 0 Å². The Kier molecular flexibility index (Phi) is 4.13. The number of nitrogens with one attached hydrogen (secondary N) is 1. The second-order valence-electron chi connectivity index (χ2n) is 5.02. The van der Waals surface area contributed by atoms with Crippen LogP contribution in [0.15, 0.2) is 36.4 Å². The lowest BCUT2D eigenvalue weighted by molar-refractivity contribution is 0.647. The average molecular weight is 268 g/mol. The van der Waals surface area contributed by atoms with Gasteiger partial charge in [-0.05, 0) is 35.6 Å². The number of nitriles is 1. The highest BCUT2D eigenvalue weighted by Crippen LogP contribution is 2.19. The molecule has 96 valence electrons. The van der Waals surface area contributed by atoms with E-state index in [0.717, 1.165) is 17.7 Å². The number of pyridine rings is 1. The van der Waals surface area contributed by atoms with Gasteiger partial charge in [0.05, 0.1) is 5.56 Å². The molecule has 0 amide bonds. The van der Waals surface area contributed by atoms with Crippen molar-refractivity contribution in [3.05, 3.63) is 52.2 Å². The molecular formula is C16H16N2S. The lowest BCUT2D eigenvalue weighted by atomic mass is 10.0. The Hall–Kier alpha value is -1.92. The van der Waals surface area contributed by atoms with Crippen molar-refractivity contribution < 1.29 is 0 Å². The second-order valence-corrected chi connectivity index (χ2v) is 5.43. The van der Waals surface area contributed by atoms with E-state index in [1.54, 1.807) is 6.07 Å². The molecule has 19 heavy (non-hydrogen) atoms. The fourth-order valence-electron chi connectivity index (χ4n) is 2.02.